The molecule has 1 aliphatic rings. The number of aromatic nitrogens is 1. The van der Waals surface area contributed by atoms with Crippen molar-refractivity contribution in [1.82, 2.24) is 10.3 Å². The summed E-state index contributed by atoms with van der Waals surface area (Å²) in [5.74, 6) is -0.496. The Morgan fingerprint density at radius 3 is 2.76 bits per heavy atom. The molecule has 0 aromatic carbocycles. The van der Waals surface area contributed by atoms with Gasteiger partial charge in [0.2, 0.25) is 5.91 Å². The lowest BCUT2D eigenvalue weighted by atomic mass is 9.86. The van der Waals surface area contributed by atoms with Crippen molar-refractivity contribution in [2.75, 3.05) is 5.75 Å². The molecule has 0 bridgehead atoms. The quantitative estimate of drug-likeness (QED) is 0.896. The molecule has 5 nitrogen and oxygen atoms in total. The van der Waals surface area contributed by atoms with Gasteiger partial charge in [0.25, 0.3) is 0 Å². The number of carbonyl (C=O) groups excluding carboxylic acids is 1. The van der Waals surface area contributed by atoms with Gasteiger partial charge in [-0.1, -0.05) is 19.8 Å². The van der Waals surface area contributed by atoms with Gasteiger partial charge in [-0.25, -0.2) is 13.4 Å². The molecule has 2 rings (SSSR count). The minimum absolute atomic E-state index is 0.105. The van der Waals surface area contributed by atoms with E-state index in [1.165, 1.54) is 17.8 Å². The maximum atomic E-state index is 12.1. The molecule has 1 amide bonds. The average molecular weight is 330 g/mol. The fourth-order valence-electron chi connectivity index (χ4n) is 2.72. The van der Waals surface area contributed by atoms with Gasteiger partial charge in [-0.3, -0.25) is 4.79 Å². The van der Waals surface area contributed by atoms with Crippen LogP contribution in [0.4, 0.5) is 0 Å². The Bertz CT molecular complexity index is 595. The first-order valence-corrected chi connectivity index (χ1v) is 9.90. The Morgan fingerprint density at radius 2 is 2.14 bits per heavy atom. The second-order valence-corrected chi connectivity index (χ2v) is 9.20. The van der Waals surface area contributed by atoms with Crippen LogP contribution in [0.25, 0.3) is 0 Å². The summed E-state index contributed by atoms with van der Waals surface area (Å²) >= 11 is 1.36. The first-order chi connectivity index (χ1) is 9.85. The van der Waals surface area contributed by atoms with Crippen molar-refractivity contribution in [3.8, 4) is 0 Å². The highest BCUT2D eigenvalue weighted by Crippen LogP contribution is 2.23. The van der Waals surface area contributed by atoms with E-state index in [0.717, 1.165) is 24.3 Å². The molecule has 1 heterocycles. The molecule has 1 saturated carbocycles. The Balaban J connectivity index is 1.88. The van der Waals surface area contributed by atoms with Crippen LogP contribution in [0.15, 0.2) is 6.20 Å². The minimum atomic E-state index is -3.43. The Hall–Kier alpha value is -0.950. The smallest absolute Gasteiger partial charge is 0.235 e. The van der Waals surface area contributed by atoms with E-state index in [1.54, 1.807) is 6.20 Å². The van der Waals surface area contributed by atoms with Gasteiger partial charge in [-0.2, -0.15) is 0 Å². The van der Waals surface area contributed by atoms with Crippen LogP contribution in [0.5, 0.6) is 0 Å². The first kappa shape index (κ1) is 16.4. The van der Waals surface area contributed by atoms with E-state index >= 15 is 0 Å². The lowest BCUT2D eigenvalue weighted by Crippen LogP contribution is -2.43. The Kier molecular flexibility index (Phi) is 5.37. The van der Waals surface area contributed by atoms with Crippen LogP contribution in [-0.2, 0) is 20.4 Å². The van der Waals surface area contributed by atoms with E-state index in [9.17, 15) is 13.2 Å². The third-order valence-electron chi connectivity index (χ3n) is 3.84. The molecule has 21 heavy (non-hydrogen) atoms. The third-order valence-corrected chi connectivity index (χ3v) is 6.39. The number of carbonyl (C=O) groups is 1. The summed E-state index contributed by atoms with van der Waals surface area (Å²) in [5.41, 5.74) is 0. The maximum absolute atomic E-state index is 12.1. The van der Waals surface area contributed by atoms with E-state index in [0.29, 0.717) is 10.8 Å². The van der Waals surface area contributed by atoms with E-state index in [-0.39, 0.29) is 17.7 Å². The molecule has 0 saturated heterocycles. The monoisotopic (exact) mass is 330 g/mol. The molecule has 2 atom stereocenters. The molecule has 1 fully saturated rings. The lowest BCUT2D eigenvalue weighted by molar-refractivity contribution is -0.119. The van der Waals surface area contributed by atoms with Crippen LogP contribution in [-0.4, -0.2) is 31.1 Å². The van der Waals surface area contributed by atoms with Crippen molar-refractivity contribution < 1.29 is 13.2 Å². The second-order valence-electron chi connectivity index (χ2n) is 5.81. The largest absolute Gasteiger partial charge is 0.352 e. The fourth-order valence-corrected chi connectivity index (χ4v) is 5.18. The number of nitrogens with one attached hydrogen (secondary N) is 1. The summed E-state index contributed by atoms with van der Waals surface area (Å²) in [5, 5.41) is 3.72. The summed E-state index contributed by atoms with van der Waals surface area (Å²) in [6.45, 7) is 3.94. The number of hydrogen-bond acceptors (Lipinski definition) is 5. The van der Waals surface area contributed by atoms with Crippen molar-refractivity contribution in [3.05, 3.63) is 16.1 Å². The molecule has 0 unspecified atom stereocenters. The van der Waals surface area contributed by atoms with E-state index in [2.05, 4.69) is 17.2 Å². The molecule has 0 aliphatic heterocycles. The van der Waals surface area contributed by atoms with E-state index in [1.807, 2.05) is 6.92 Å². The highest BCUT2D eigenvalue weighted by atomic mass is 32.2. The van der Waals surface area contributed by atoms with E-state index < -0.39 is 15.6 Å². The van der Waals surface area contributed by atoms with Gasteiger partial charge in [0, 0.05) is 17.1 Å². The highest BCUT2D eigenvalue weighted by Gasteiger charge is 2.25. The normalized spacial score (nSPS) is 23.0. The number of amides is 1. The van der Waals surface area contributed by atoms with Crippen LogP contribution in [0, 0.1) is 12.8 Å². The minimum Gasteiger partial charge on any atom is -0.352 e. The van der Waals surface area contributed by atoms with Crippen LogP contribution in [0.2, 0.25) is 0 Å². The van der Waals surface area contributed by atoms with Gasteiger partial charge >= 0.3 is 0 Å². The predicted molar refractivity (Wildman–Crippen MR) is 83.9 cm³/mol. The Morgan fingerprint density at radius 1 is 1.43 bits per heavy atom. The van der Waals surface area contributed by atoms with Crippen molar-refractivity contribution in [2.45, 2.75) is 51.3 Å². The second kappa shape index (κ2) is 6.87. The van der Waals surface area contributed by atoms with Gasteiger partial charge in [-0.05, 0) is 25.7 Å². The average Bonchev–Trinajstić information content (AvgIpc) is 2.76. The molecule has 0 spiro atoms. The maximum Gasteiger partial charge on any atom is 0.235 e. The SMILES string of the molecule is Cc1ncc(CS(=O)(=O)CC(=O)N[C@@H]2CCCC[C@@H]2C)s1. The number of nitrogens with zero attached hydrogens (tertiary/aromatic N) is 1. The number of rotatable bonds is 5. The third kappa shape index (κ3) is 5.07. The van der Waals surface area contributed by atoms with Gasteiger partial charge in [0.15, 0.2) is 9.84 Å². The van der Waals surface area contributed by atoms with Crippen LogP contribution >= 0.6 is 11.3 Å². The molecule has 1 N–H and O–H groups in total. The molecular weight excluding hydrogens is 308 g/mol. The standard InChI is InChI=1S/C14H22N2O3S2/c1-10-5-3-4-6-13(10)16-14(17)9-21(18,19)8-12-7-15-11(2)20-12/h7,10,13H,3-6,8-9H2,1-2H3,(H,16,17)/t10-,13+/m0/s1. The zero-order valence-electron chi connectivity index (χ0n) is 12.5. The summed E-state index contributed by atoms with van der Waals surface area (Å²) in [7, 11) is -3.43. The van der Waals surface area contributed by atoms with Crippen molar-refractivity contribution >= 4 is 27.1 Å². The Labute approximate surface area is 130 Å². The molecule has 0 radical (unpaired) electrons. The van der Waals surface area contributed by atoms with Crippen molar-refractivity contribution in [2.24, 2.45) is 5.92 Å². The summed E-state index contributed by atoms with van der Waals surface area (Å²) < 4.78 is 24.1. The molecule has 7 heteroatoms. The summed E-state index contributed by atoms with van der Waals surface area (Å²) in [4.78, 5) is 16.7. The van der Waals surface area contributed by atoms with Crippen LogP contribution in [0.1, 0.15) is 42.5 Å². The van der Waals surface area contributed by atoms with Gasteiger partial charge in [0.05, 0.1) is 10.8 Å². The van der Waals surface area contributed by atoms with Crippen molar-refractivity contribution in [3.63, 3.8) is 0 Å². The molecule has 1 aromatic rings. The number of hydrogen-bond donors (Lipinski definition) is 1. The van der Waals surface area contributed by atoms with E-state index in [4.69, 9.17) is 0 Å². The summed E-state index contributed by atoms with van der Waals surface area (Å²) in [6.07, 6.45) is 5.90. The topological polar surface area (TPSA) is 76.1 Å². The number of sulfone groups is 1. The summed E-state index contributed by atoms with van der Waals surface area (Å²) in [6, 6.07) is 0.118. The molecular formula is C14H22N2O3S2. The van der Waals surface area contributed by atoms with Gasteiger partial charge in [-0.15, -0.1) is 11.3 Å². The lowest BCUT2D eigenvalue weighted by Gasteiger charge is -2.29. The van der Waals surface area contributed by atoms with Crippen LogP contribution in [0.3, 0.4) is 0 Å². The molecule has 1 aliphatic carbocycles. The number of thiazole rings is 1. The van der Waals surface area contributed by atoms with Gasteiger partial charge < -0.3 is 5.32 Å². The van der Waals surface area contributed by atoms with Crippen molar-refractivity contribution in [1.29, 1.82) is 0 Å². The first-order valence-electron chi connectivity index (χ1n) is 7.27. The van der Waals surface area contributed by atoms with Crippen LogP contribution < -0.4 is 5.32 Å². The highest BCUT2D eigenvalue weighted by molar-refractivity contribution is 7.91. The molecule has 118 valence electrons. The predicted octanol–water partition coefficient (Wildman–Crippen LogP) is 2.06. The zero-order valence-corrected chi connectivity index (χ0v) is 14.1. The number of aryl methyl sites for hydroxylation is 1. The zero-order chi connectivity index (χ0) is 15.5. The van der Waals surface area contributed by atoms with Gasteiger partial charge in [0.1, 0.15) is 5.75 Å². The molecule has 1 aromatic heterocycles. The fraction of sp³-hybridized carbons (Fsp3) is 0.714.